The lowest BCUT2D eigenvalue weighted by Crippen LogP contribution is -2.40. The van der Waals surface area contributed by atoms with Gasteiger partial charge in [-0.2, -0.15) is 0 Å². The van der Waals surface area contributed by atoms with Gasteiger partial charge in [0, 0.05) is 7.05 Å². The van der Waals surface area contributed by atoms with Gasteiger partial charge in [-0.3, -0.25) is 9.69 Å². The summed E-state index contributed by atoms with van der Waals surface area (Å²) in [6, 6.07) is 6.92. The number of likely N-dealkylation sites (N-methyl/N-ethyl adjacent to an activating group) is 1. The van der Waals surface area contributed by atoms with Crippen molar-refractivity contribution < 1.29 is 14.3 Å². The van der Waals surface area contributed by atoms with Crippen LogP contribution in [0.15, 0.2) is 24.3 Å². The van der Waals surface area contributed by atoms with E-state index in [4.69, 9.17) is 4.74 Å². The van der Waals surface area contributed by atoms with E-state index in [0.29, 0.717) is 6.61 Å². The summed E-state index contributed by atoms with van der Waals surface area (Å²) in [6.07, 6.45) is 2.10. The van der Waals surface area contributed by atoms with Crippen LogP contribution >= 0.6 is 0 Å². The van der Waals surface area contributed by atoms with Crippen molar-refractivity contribution >= 4 is 11.9 Å². The van der Waals surface area contributed by atoms with Crippen LogP contribution in [-0.2, 0) is 10.3 Å². The summed E-state index contributed by atoms with van der Waals surface area (Å²) < 4.78 is 5.58. The average Bonchev–Trinajstić information content (AvgIpc) is 2.65. The van der Waals surface area contributed by atoms with Crippen LogP contribution in [0.3, 0.4) is 0 Å². The third-order valence-corrected chi connectivity index (χ3v) is 3.59. The van der Waals surface area contributed by atoms with Gasteiger partial charge >= 0.3 is 6.03 Å². The Bertz CT molecular complexity index is 512. The lowest BCUT2D eigenvalue weighted by atomic mass is 9.92. The number of hydrogen-bond donors (Lipinski definition) is 1. The molecule has 20 heavy (non-hydrogen) atoms. The van der Waals surface area contributed by atoms with Crippen molar-refractivity contribution in [2.45, 2.75) is 32.2 Å². The molecule has 0 aromatic heterocycles. The fraction of sp³-hybridized carbons (Fsp3) is 0.467. The first-order chi connectivity index (χ1) is 9.49. The first kappa shape index (κ1) is 14.4. The Kier molecular flexibility index (Phi) is 3.97. The molecule has 3 amide bonds. The number of hydrogen-bond acceptors (Lipinski definition) is 3. The molecule has 1 aliphatic heterocycles. The molecule has 1 aromatic carbocycles. The summed E-state index contributed by atoms with van der Waals surface area (Å²) in [7, 11) is 1.48. The van der Waals surface area contributed by atoms with Crippen molar-refractivity contribution in [3.63, 3.8) is 0 Å². The summed E-state index contributed by atoms with van der Waals surface area (Å²) in [6.45, 7) is 4.51. The number of benzene rings is 1. The molecule has 1 fully saturated rings. The molecular formula is C15H20N2O3. The highest BCUT2D eigenvalue weighted by Crippen LogP contribution is 2.29. The molecule has 108 valence electrons. The van der Waals surface area contributed by atoms with E-state index in [1.54, 1.807) is 6.92 Å². The maximum atomic E-state index is 12.1. The monoisotopic (exact) mass is 276 g/mol. The first-order valence-electron chi connectivity index (χ1n) is 6.82. The Balaban J connectivity index is 2.14. The third-order valence-electron chi connectivity index (χ3n) is 3.59. The molecule has 1 aliphatic rings. The van der Waals surface area contributed by atoms with Crippen LogP contribution in [-0.4, -0.2) is 30.5 Å². The van der Waals surface area contributed by atoms with Gasteiger partial charge in [0.05, 0.1) is 6.61 Å². The van der Waals surface area contributed by atoms with Crippen molar-refractivity contribution in [2.75, 3.05) is 13.7 Å². The zero-order chi connectivity index (χ0) is 14.8. The second kappa shape index (κ2) is 5.53. The Morgan fingerprint density at radius 3 is 2.40 bits per heavy atom. The number of amides is 3. The fourth-order valence-electron chi connectivity index (χ4n) is 2.19. The largest absolute Gasteiger partial charge is 0.494 e. The van der Waals surface area contributed by atoms with E-state index in [2.05, 4.69) is 12.2 Å². The van der Waals surface area contributed by atoms with Crippen molar-refractivity contribution in [3.05, 3.63) is 29.8 Å². The molecule has 5 heteroatoms. The smallest absolute Gasteiger partial charge is 0.325 e. The summed E-state index contributed by atoms with van der Waals surface area (Å²) in [5, 5.41) is 2.71. The molecule has 1 atom stereocenters. The predicted molar refractivity (Wildman–Crippen MR) is 75.5 cm³/mol. The lowest BCUT2D eigenvalue weighted by Gasteiger charge is -2.21. The molecule has 1 heterocycles. The minimum absolute atomic E-state index is 0.248. The van der Waals surface area contributed by atoms with Crippen molar-refractivity contribution in [1.82, 2.24) is 10.2 Å². The normalized spacial score (nSPS) is 22.1. The molecule has 2 rings (SSSR count). The SMILES string of the molecule is CCCCOc1ccc([C@@]2(C)NC(=O)N(C)C2=O)cc1. The summed E-state index contributed by atoms with van der Waals surface area (Å²) in [5.74, 6) is 0.526. The van der Waals surface area contributed by atoms with Crippen LogP contribution in [0.4, 0.5) is 4.79 Å². The lowest BCUT2D eigenvalue weighted by molar-refractivity contribution is -0.130. The van der Waals surface area contributed by atoms with Gasteiger partial charge in [0.2, 0.25) is 0 Å². The van der Waals surface area contributed by atoms with Crippen LogP contribution < -0.4 is 10.1 Å². The van der Waals surface area contributed by atoms with E-state index < -0.39 is 5.54 Å². The molecule has 5 nitrogen and oxygen atoms in total. The van der Waals surface area contributed by atoms with E-state index in [0.717, 1.165) is 29.1 Å². The second-order valence-corrected chi connectivity index (χ2v) is 5.15. The summed E-state index contributed by atoms with van der Waals surface area (Å²) in [4.78, 5) is 24.8. The molecule has 0 saturated carbocycles. The Hall–Kier alpha value is -2.04. The van der Waals surface area contributed by atoms with E-state index in [1.165, 1.54) is 7.05 Å². The summed E-state index contributed by atoms with van der Waals surface area (Å²) >= 11 is 0. The number of nitrogens with one attached hydrogen (secondary N) is 1. The number of rotatable bonds is 5. The highest BCUT2D eigenvalue weighted by atomic mass is 16.5. The first-order valence-corrected chi connectivity index (χ1v) is 6.82. The van der Waals surface area contributed by atoms with Gasteiger partial charge in [-0.25, -0.2) is 4.79 Å². The van der Waals surface area contributed by atoms with Gasteiger partial charge in [0.25, 0.3) is 5.91 Å². The molecular weight excluding hydrogens is 256 g/mol. The van der Waals surface area contributed by atoms with Crippen molar-refractivity contribution in [1.29, 1.82) is 0 Å². The van der Waals surface area contributed by atoms with Crippen LogP contribution in [0.25, 0.3) is 0 Å². The topological polar surface area (TPSA) is 58.6 Å². The number of unbranched alkanes of at least 4 members (excludes halogenated alkanes) is 1. The van der Waals surface area contributed by atoms with Gasteiger partial charge in [0.15, 0.2) is 0 Å². The van der Waals surface area contributed by atoms with Gasteiger partial charge in [-0.05, 0) is 31.0 Å². The molecule has 0 radical (unpaired) electrons. The van der Waals surface area contributed by atoms with Crippen LogP contribution in [0.5, 0.6) is 5.75 Å². The minimum Gasteiger partial charge on any atom is -0.494 e. The number of nitrogens with zero attached hydrogens (tertiary/aromatic N) is 1. The number of imide groups is 1. The van der Waals surface area contributed by atoms with Gasteiger partial charge in [-0.15, -0.1) is 0 Å². The zero-order valence-electron chi connectivity index (χ0n) is 12.1. The highest BCUT2D eigenvalue weighted by molar-refractivity contribution is 6.06. The Morgan fingerprint density at radius 1 is 1.25 bits per heavy atom. The Labute approximate surface area is 118 Å². The van der Waals surface area contributed by atoms with Crippen LogP contribution in [0.2, 0.25) is 0 Å². The quantitative estimate of drug-likeness (QED) is 0.663. The second-order valence-electron chi connectivity index (χ2n) is 5.15. The number of carbonyl (C=O) groups is 2. The van der Waals surface area contributed by atoms with E-state index >= 15 is 0 Å². The number of ether oxygens (including phenoxy) is 1. The van der Waals surface area contributed by atoms with Crippen LogP contribution in [0, 0.1) is 0 Å². The predicted octanol–water partition coefficient (Wildman–Crippen LogP) is 2.26. The zero-order valence-corrected chi connectivity index (χ0v) is 12.1. The third kappa shape index (κ3) is 2.48. The summed E-state index contributed by atoms with van der Waals surface area (Å²) in [5.41, 5.74) is -0.239. The minimum atomic E-state index is -0.992. The number of carbonyl (C=O) groups excluding carboxylic acids is 2. The standard InChI is InChI=1S/C15H20N2O3/c1-4-5-10-20-12-8-6-11(7-9-12)15(2)13(18)17(3)14(19)16-15/h6-9H,4-5,10H2,1-3H3,(H,16,19)/t15-/m1/s1. The average molecular weight is 276 g/mol. The van der Waals surface area contributed by atoms with Crippen LogP contribution in [0.1, 0.15) is 32.3 Å². The maximum Gasteiger partial charge on any atom is 0.325 e. The molecule has 1 N–H and O–H groups in total. The van der Waals surface area contributed by atoms with Gasteiger partial charge < -0.3 is 10.1 Å². The molecule has 1 aromatic rings. The van der Waals surface area contributed by atoms with Crippen molar-refractivity contribution in [2.24, 2.45) is 0 Å². The Morgan fingerprint density at radius 2 is 1.90 bits per heavy atom. The van der Waals surface area contributed by atoms with Gasteiger partial charge in [-0.1, -0.05) is 25.5 Å². The molecule has 0 aliphatic carbocycles. The van der Waals surface area contributed by atoms with E-state index in [1.807, 2.05) is 24.3 Å². The maximum absolute atomic E-state index is 12.1. The fourth-order valence-corrected chi connectivity index (χ4v) is 2.19. The molecule has 0 unspecified atom stereocenters. The molecule has 1 saturated heterocycles. The molecule has 0 spiro atoms. The highest BCUT2D eigenvalue weighted by Gasteiger charge is 2.47. The van der Waals surface area contributed by atoms with E-state index in [-0.39, 0.29) is 11.9 Å². The van der Waals surface area contributed by atoms with E-state index in [9.17, 15) is 9.59 Å². The van der Waals surface area contributed by atoms with Crippen molar-refractivity contribution in [3.8, 4) is 5.75 Å². The number of urea groups is 1. The molecule has 0 bridgehead atoms. The van der Waals surface area contributed by atoms with Gasteiger partial charge in [0.1, 0.15) is 11.3 Å².